The molecule has 2 aliphatic rings. The lowest BCUT2D eigenvalue weighted by Gasteiger charge is -2.34. The van der Waals surface area contributed by atoms with Crippen molar-refractivity contribution in [3.05, 3.63) is 72.1 Å². The van der Waals surface area contributed by atoms with Crippen LogP contribution in [0.5, 0.6) is 0 Å². The molecule has 0 spiro atoms. The molecule has 32 heavy (non-hydrogen) atoms. The van der Waals surface area contributed by atoms with Crippen LogP contribution in [0.25, 0.3) is 0 Å². The molecule has 1 aromatic heterocycles. The molecular formula is C25H25N5OS. The van der Waals surface area contributed by atoms with Gasteiger partial charge in [-0.25, -0.2) is 9.97 Å². The summed E-state index contributed by atoms with van der Waals surface area (Å²) in [6.45, 7) is 4.93. The molecule has 1 fully saturated rings. The van der Waals surface area contributed by atoms with Gasteiger partial charge in [0.15, 0.2) is 0 Å². The van der Waals surface area contributed by atoms with Crippen LogP contribution in [-0.4, -0.2) is 52.7 Å². The number of aromatic nitrogens is 2. The summed E-state index contributed by atoms with van der Waals surface area (Å²) in [6, 6.07) is 16.2. The summed E-state index contributed by atoms with van der Waals surface area (Å²) in [7, 11) is 0. The van der Waals surface area contributed by atoms with Crippen molar-refractivity contribution in [1.82, 2.24) is 14.9 Å². The van der Waals surface area contributed by atoms with E-state index in [4.69, 9.17) is 4.99 Å². The molecular weight excluding hydrogens is 418 g/mol. The smallest absolute Gasteiger partial charge is 0.254 e. The Balaban J connectivity index is 1.37. The highest BCUT2D eigenvalue weighted by Gasteiger charge is 2.25. The third kappa shape index (κ3) is 4.12. The minimum absolute atomic E-state index is 0.0560. The first-order chi connectivity index (χ1) is 15.7. The molecule has 0 radical (unpaired) electrons. The summed E-state index contributed by atoms with van der Waals surface area (Å²) < 4.78 is 0. The molecule has 0 saturated carbocycles. The number of piperazine rings is 1. The third-order valence-electron chi connectivity index (χ3n) is 5.77. The van der Waals surface area contributed by atoms with E-state index in [9.17, 15) is 4.79 Å². The van der Waals surface area contributed by atoms with E-state index in [1.54, 1.807) is 24.2 Å². The number of carbonyl (C=O) groups is 1. The molecule has 0 bridgehead atoms. The lowest BCUT2D eigenvalue weighted by atomic mass is 10.1. The quantitative estimate of drug-likeness (QED) is 0.578. The molecule has 1 amide bonds. The first-order valence-electron chi connectivity index (χ1n) is 11.0. The fourth-order valence-corrected chi connectivity index (χ4v) is 5.14. The van der Waals surface area contributed by atoms with Crippen molar-refractivity contribution < 1.29 is 4.79 Å². The molecule has 2 aliphatic heterocycles. The Bertz CT molecular complexity index is 1160. The van der Waals surface area contributed by atoms with Gasteiger partial charge in [-0.3, -0.25) is 9.79 Å². The zero-order valence-electron chi connectivity index (χ0n) is 18.1. The Morgan fingerprint density at radius 3 is 2.53 bits per heavy atom. The van der Waals surface area contributed by atoms with Gasteiger partial charge in [-0.15, -0.1) is 0 Å². The summed E-state index contributed by atoms with van der Waals surface area (Å²) in [5.74, 6) is 0.777. The van der Waals surface area contributed by atoms with E-state index in [0.29, 0.717) is 18.7 Å². The molecule has 0 atom stereocenters. The Morgan fingerprint density at radius 1 is 0.969 bits per heavy atom. The Hall–Kier alpha value is -3.19. The van der Waals surface area contributed by atoms with Gasteiger partial charge < -0.3 is 9.80 Å². The number of amides is 1. The predicted molar refractivity (Wildman–Crippen MR) is 128 cm³/mol. The average Bonchev–Trinajstić information content (AvgIpc) is 3.00. The van der Waals surface area contributed by atoms with E-state index < -0.39 is 0 Å². The number of rotatable bonds is 4. The third-order valence-corrected chi connectivity index (χ3v) is 6.91. The van der Waals surface area contributed by atoms with Crippen LogP contribution < -0.4 is 4.90 Å². The van der Waals surface area contributed by atoms with Gasteiger partial charge in [-0.2, -0.15) is 0 Å². The van der Waals surface area contributed by atoms with Crippen LogP contribution in [0.4, 0.5) is 11.6 Å². The largest absolute Gasteiger partial charge is 0.337 e. The highest BCUT2D eigenvalue weighted by molar-refractivity contribution is 7.99. The molecule has 0 aliphatic carbocycles. The maximum absolute atomic E-state index is 13.3. The average molecular weight is 444 g/mol. The number of nitrogens with zero attached hydrogens (tertiary/aromatic N) is 5. The first-order valence-corrected chi connectivity index (χ1v) is 11.8. The molecule has 0 N–H and O–H groups in total. The number of anilines is 1. The summed E-state index contributed by atoms with van der Waals surface area (Å²) in [5, 5.41) is 0. The molecule has 0 unspecified atom stereocenters. The van der Waals surface area contributed by atoms with Crippen molar-refractivity contribution in [2.75, 3.05) is 31.1 Å². The Morgan fingerprint density at radius 2 is 1.75 bits per heavy atom. The van der Waals surface area contributed by atoms with E-state index in [0.717, 1.165) is 48.2 Å². The van der Waals surface area contributed by atoms with Crippen LogP contribution in [0.1, 0.15) is 35.7 Å². The van der Waals surface area contributed by atoms with Gasteiger partial charge >= 0.3 is 0 Å². The Kier molecular flexibility index (Phi) is 5.90. The van der Waals surface area contributed by atoms with Gasteiger partial charge in [0.2, 0.25) is 5.95 Å². The van der Waals surface area contributed by atoms with Gasteiger partial charge in [0, 0.05) is 65.2 Å². The fourth-order valence-electron chi connectivity index (χ4n) is 4.12. The lowest BCUT2D eigenvalue weighted by molar-refractivity contribution is 0.0746. The molecule has 1 saturated heterocycles. The zero-order chi connectivity index (χ0) is 21.9. The normalized spacial score (nSPS) is 15.5. The van der Waals surface area contributed by atoms with E-state index in [1.807, 2.05) is 29.2 Å². The SMILES string of the molecule is CCCC1=Nc2cc(C(=O)N3CCN(c4ncccn4)CC3)ccc2Sc2ccccc21. The maximum atomic E-state index is 13.3. The van der Waals surface area contributed by atoms with E-state index in [2.05, 4.69) is 46.1 Å². The lowest BCUT2D eigenvalue weighted by Crippen LogP contribution is -2.49. The molecule has 162 valence electrons. The number of hydrogen-bond donors (Lipinski definition) is 0. The second-order valence-corrected chi connectivity index (χ2v) is 9.00. The molecule has 6 nitrogen and oxygen atoms in total. The second kappa shape index (κ2) is 9.12. The topological polar surface area (TPSA) is 61.7 Å². The first kappa shape index (κ1) is 20.7. The molecule has 7 heteroatoms. The van der Waals surface area contributed by atoms with Crippen molar-refractivity contribution in [2.24, 2.45) is 4.99 Å². The van der Waals surface area contributed by atoms with E-state index in [1.165, 1.54) is 10.5 Å². The highest BCUT2D eigenvalue weighted by atomic mass is 32.2. The maximum Gasteiger partial charge on any atom is 0.254 e. The fraction of sp³-hybridized carbons (Fsp3) is 0.280. The van der Waals surface area contributed by atoms with Crippen molar-refractivity contribution in [3.63, 3.8) is 0 Å². The highest BCUT2D eigenvalue weighted by Crippen LogP contribution is 2.41. The van der Waals surface area contributed by atoms with Crippen molar-refractivity contribution >= 4 is 35.0 Å². The number of fused-ring (bicyclic) bond motifs is 2. The van der Waals surface area contributed by atoms with Gasteiger partial charge in [-0.05, 0) is 36.8 Å². The summed E-state index contributed by atoms with van der Waals surface area (Å²) in [5.41, 5.74) is 3.87. The van der Waals surface area contributed by atoms with Crippen LogP contribution >= 0.6 is 11.8 Å². The van der Waals surface area contributed by atoms with E-state index >= 15 is 0 Å². The van der Waals surface area contributed by atoms with Gasteiger partial charge in [0.1, 0.15) is 0 Å². The minimum Gasteiger partial charge on any atom is -0.337 e. The minimum atomic E-state index is 0.0560. The van der Waals surface area contributed by atoms with Crippen molar-refractivity contribution in [1.29, 1.82) is 0 Å². The summed E-state index contributed by atoms with van der Waals surface area (Å²) in [6.07, 6.45) is 5.44. The van der Waals surface area contributed by atoms with Crippen LogP contribution in [0.2, 0.25) is 0 Å². The van der Waals surface area contributed by atoms with Gasteiger partial charge in [0.05, 0.1) is 5.69 Å². The molecule has 3 aromatic rings. The van der Waals surface area contributed by atoms with Crippen LogP contribution in [0, 0.1) is 0 Å². The predicted octanol–water partition coefficient (Wildman–Crippen LogP) is 4.82. The van der Waals surface area contributed by atoms with Crippen LogP contribution in [0.15, 0.2) is 75.7 Å². The molecule has 2 aromatic carbocycles. The number of carbonyl (C=O) groups excluding carboxylic acids is 1. The monoisotopic (exact) mass is 443 g/mol. The second-order valence-electron chi connectivity index (χ2n) is 7.92. The van der Waals surface area contributed by atoms with E-state index in [-0.39, 0.29) is 5.91 Å². The summed E-state index contributed by atoms with van der Waals surface area (Å²) >= 11 is 1.73. The molecule has 3 heterocycles. The van der Waals surface area contributed by atoms with Crippen LogP contribution in [0.3, 0.4) is 0 Å². The van der Waals surface area contributed by atoms with Crippen LogP contribution in [-0.2, 0) is 0 Å². The standard InChI is InChI=1S/C25H25N5OS/c1-2-6-20-19-7-3-4-8-22(19)32-23-10-9-18(17-21(23)28-20)24(31)29-13-15-30(16-14-29)25-26-11-5-12-27-25/h3-5,7-12,17H,2,6,13-16H2,1H3. The summed E-state index contributed by atoms with van der Waals surface area (Å²) in [4.78, 5) is 33.3. The molecule has 5 rings (SSSR count). The Labute approximate surface area is 192 Å². The van der Waals surface area contributed by atoms with Crippen molar-refractivity contribution in [3.8, 4) is 0 Å². The van der Waals surface area contributed by atoms with Gasteiger partial charge in [0.25, 0.3) is 5.91 Å². The van der Waals surface area contributed by atoms with Crippen molar-refractivity contribution in [2.45, 2.75) is 29.6 Å². The zero-order valence-corrected chi connectivity index (χ0v) is 18.9. The number of aliphatic imine (C=N–C) groups is 1. The number of hydrogen-bond acceptors (Lipinski definition) is 6. The van der Waals surface area contributed by atoms with Gasteiger partial charge in [-0.1, -0.05) is 43.3 Å². The number of benzene rings is 2.